The lowest BCUT2D eigenvalue weighted by Crippen LogP contribution is -2.20. The highest BCUT2D eigenvalue weighted by Crippen LogP contribution is 2.23. The number of para-hydroxylation sites is 2. The Morgan fingerprint density at radius 3 is 2.95 bits per heavy atom. The van der Waals surface area contributed by atoms with Gasteiger partial charge >= 0.3 is 0 Å². The molecule has 2 heterocycles. The van der Waals surface area contributed by atoms with Crippen molar-refractivity contribution in [2.45, 2.75) is 6.92 Å². The van der Waals surface area contributed by atoms with Crippen LogP contribution in [0.1, 0.15) is 6.92 Å². The van der Waals surface area contributed by atoms with E-state index in [1.165, 1.54) is 15.9 Å². The second-order valence-electron chi connectivity index (χ2n) is 4.13. The Balaban J connectivity index is 2.35. The van der Waals surface area contributed by atoms with Crippen molar-refractivity contribution in [1.82, 2.24) is 9.55 Å². The summed E-state index contributed by atoms with van der Waals surface area (Å²) in [6.45, 7) is 2.44. The van der Waals surface area contributed by atoms with Crippen molar-refractivity contribution in [2.24, 2.45) is 0 Å². The summed E-state index contributed by atoms with van der Waals surface area (Å²) in [7, 11) is 0. The number of rotatable bonds is 3. The SMILES string of the molecule is CCOc1ccccc1-n1c(=S)[nH]c2ccsc2c1=O. The van der Waals surface area contributed by atoms with Crippen LogP contribution in [0.15, 0.2) is 40.5 Å². The van der Waals surface area contributed by atoms with Crippen molar-refractivity contribution in [2.75, 3.05) is 6.61 Å². The summed E-state index contributed by atoms with van der Waals surface area (Å²) in [6.07, 6.45) is 0. The second kappa shape index (κ2) is 5.22. The van der Waals surface area contributed by atoms with Gasteiger partial charge in [0.25, 0.3) is 5.56 Å². The predicted octanol–water partition coefficient (Wildman–Crippen LogP) is 3.51. The summed E-state index contributed by atoms with van der Waals surface area (Å²) in [5.74, 6) is 0.646. The number of aromatic amines is 1. The molecule has 102 valence electrons. The van der Waals surface area contributed by atoms with Gasteiger partial charge < -0.3 is 9.72 Å². The zero-order chi connectivity index (χ0) is 14.1. The minimum Gasteiger partial charge on any atom is -0.492 e. The molecule has 3 rings (SSSR count). The largest absolute Gasteiger partial charge is 0.492 e. The number of benzene rings is 1. The summed E-state index contributed by atoms with van der Waals surface area (Å²) >= 11 is 6.71. The second-order valence-corrected chi connectivity index (χ2v) is 5.44. The molecule has 2 aromatic heterocycles. The van der Waals surface area contributed by atoms with Crippen molar-refractivity contribution >= 4 is 33.8 Å². The van der Waals surface area contributed by atoms with Crippen LogP contribution in [-0.2, 0) is 0 Å². The van der Waals surface area contributed by atoms with E-state index in [0.717, 1.165) is 5.52 Å². The highest BCUT2D eigenvalue weighted by atomic mass is 32.1. The van der Waals surface area contributed by atoms with E-state index in [9.17, 15) is 4.79 Å². The zero-order valence-electron chi connectivity index (χ0n) is 10.8. The number of thiophene rings is 1. The molecule has 0 saturated carbocycles. The average Bonchev–Trinajstić information content (AvgIpc) is 2.89. The summed E-state index contributed by atoms with van der Waals surface area (Å²) in [6, 6.07) is 9.25. The van der Waals surface area contributed by atoms with Crippen LogP contribution in [0.4, 0.5) is 0 Å². The molecule has 1 aromatic carbocycles. The summed E-state index contributed by atoms with van der Waals surface area (Å²) in [5, 5.41) is 1.87. The van der Waals surface area contributed by atoms with Crippen LogP contribution in [-0.4, -0.2) is 16.2 Å². The minimum absolute atomic E-state index is 0.120. The molecule has 0 amide bonds. The molecule has 4 nitrogen and oxygen atoms in total. The van der Waals surface area contributed by atoms with E-state index >= 15 is 0 Å². The third-order valence-electron chi connectivity index (χ3n) is 2.91. The Kier molecular flexibility index (Phi) is 3.42. The van der Waals surface area contributed by atoms with Gasteiger partial charge in [-0.1, -0.05) is 12.1 Å². The third-order valence-corrected chi connectivity index (χ3v) is 4.10. The van der Waals surface area contributed by atoms with Crippen LogP contribution in [0.25, 0.3) is 15.9 Å². The van der Waals surface area contributed by atoms with E-state index in [0.29, 0.717) is 27.5 Å². The Bertz CT molecular complexity index is 877. The van der Waals surface area contributed by atoms with Crippen molar-refractivity contribution < 1.29 is 4.74 Å². The number of hydrogen-bond donors (Lipinski definition) is 1. The average molecular weight is 304 g/mol. The fraction of sp³-hybridized carbons (Fsp3) is 0.143. The predicted molar refractivity (Wildman–Crippen MR) is 83.8 cm³/mol. The smallest absolute Gasteiger partial charge is 0.276 e. The van der Waals surface area contributed by atoms with Gasteiger partial charge in [0.2, 0.25) is 0 Å². The normalized spacial score (nSPS) is 10.8. The Morgan fingerprint density at radius 1 is 1.35 bits per heavy atom. The number of nitrogens with zero attached hydrogens (tertiary/aromatic N) is 1. The van der Waals surface area contributed by atoms with Crippen molar-refractivity contribution in [1.29, 1.82) is 0 Å². The molecule has 6 heteroatoms. The van der Waals surface area contributed by atoms with Gasteiger partial charge in [0.1, 0.15) is 10.4 Å². The number of aromatic nitrogens is 2. The van der Waals surface area contributed by atoms with Crippen molar-refractivity contribution in [3.63, 3.8) is 0 Å². The molecule has 0 radical (unpaired) electrons. The van der Waals surface area contributed by atoms with Crippen molar-refractivity contribution in [3.05, 3.63) is 50.8 Å². The fourth-order valence-corrected chi connectivity index (χ4v) is 3.15. The lowest BCUT2D eigenvalue weighted by Gasteiger charge is -2.12. The Labute approximate surface area is 124 Å². The lowest BCUT2D eigenvalue weighted by molar-refractivity contribution is 0.339. The highest BCUT2D eigenvalue weighted by molar-refractivity contribution is 7.71. The topological polar surface area (TPSA) is 47.0 Å². The van der Waals surface area contributed by atoms with E-state index in [1.54, 1.807) is 0 Å². The van der Waals surface area contributed by atoms with Gasteiger partial charge in [0, 0.05) is 0 Å². The number of fused-ring (bicyclic) bond motifs is 1. The maximum atomic E-state index is 12.6. The van der Waals surface area contributed by atoms with E-state index in [2.05, 4.69) is 4.98 Å². The van der Waals surface area contributed by atoms with E-state index in [-0.39, 0.29) is 5.56 Å². The summed E-state index contributed by atoms with van der Waals surface area (Å²) < 4.78 is 8.09. The van der Waals surface area contributed by atoms with Crippen molar-refractivity contribution in [3.8, 4) is 11.4 Å². The molecule has 0 aliphatic rings. The maximum absolute atomic E-state index is 12.6. The van der Waals surface area contributed by atoms with Crippen LogP contribution in [0.2, 0.25) is 0 Å². The van der Waals surface area contributed by atoms with Gasteiger partial charge in [0.15, 0.2) is 4.77 Å². The standard InChI is InChI=1S/C14H12N2O2S2/c1-2-18-11-6-4-3-5-10(11)16-13(17)12-9(7-8-20-12)15-14(16)19/h3-8H,2H2,1H3,(H,15,19). The first-order valence-corrected chi connectivity index (χ1v) is 7.46. The van der Waals surface area contributed by atoms with E-state index < -0.39 is 0 Å². The van der Waals surface area contributed by atoms with E-state index in [4.69, 9.17) is 17.0 Å². The van der Waals surface area contributed by atoms with Crippen LogP contribution >= 0.6 is 23.6 Å². The van der Waals surface area contributed by atoms with E-state index in [1.807, 2.05) is 42.6 Å². The molecule has 0 unspecified atom stereocenters. The van der Waals surface area contributed by atoms with Gasteiger partial charge in [-0.2, -0.15) is 0 Å². The van der Waals surface area contributed by atoms with Crippen LogP contribution < -0.4 is 10.3 Å². The number of nitrogens with one attached hydrogen (secondary N) is 1. The number of hydrogen-bond acceptors (Lipinski definition) is 4. The number of ether oxygens (including phenoxy) is 1. The zero-order valence-corrected chi connectivity index (χ0v) is 12.4. The molecule has 3 aromatic rings. The van der Waals surface area contributed by atoms with Gasteiger partial charge in [0.05, 0.1) is 17.8 Å². The maximum Gasteiger partial charge on any atom is 0.276 e. The molecular weight excluding hydrogens is 292 g/mol. The van der Waals surface area contributed by atoms with Crippen LogP contribution in [0.5, 0.6) is 5.75 Å². The molecule has 0 bridgehead atoms. The Hall–Kier alpha value is -1.92. The molecule has 0 fully saturated rings. The minimum atomic E-state index is -0.120. The molecule has 0 aliphatic heterocycles. The highest BCUT2D eigenvalue weighted by Gasteiger charge is 2.12. The van der Waals surface area contributed by atoms with Gasteiger partial charge in [-0.25, -0.2) is 4.57 Å². The molecule has 1 N–H and O–H groups in total. The summed E-state index contributed by atoms with van der Waals surface area (Å²) in [4.78, 5) is 15.7. The molecular formula is C14H12N2O2S2. The van der Waals surface area contributed by atoms with Gasteiger partial charge in [-0.3, -0.25) is 4.79 Å². The van der Waals surface area contributed by atoms with Crippen LogP contribution in [0.3, 0.4) is 0 Å². The molecule has 0 spiro atoms. The summed E-state index contributed by atoms with van der Waals surface area (Å²) in [5.41, 5.74) is 1.32. The molecule has 0 atom stereocenters. The Morgan fingerprint density at radius 2 is 2.15 bits per heavy atom. The van der Waals surface area contributed by atoms with Gasteiger partial charge in [-0.05, 0) is 42.7 Å². The molecule has 0 saturated heterocycles. The van der Waals surface area contributed by atoms with Crippen LogP contribution in [0, 0.1) is 4.77 Å². The third kappa shape index (κ3) is 2.07. The quantitative estimate of drug-likeness (QED) is 0.753. The first-order chi connectivity index (χ1) is 9.72. The van der Waals surface area contributed by atoms with Gasteiger partial charge in [-0.15, -0.1) is 11.3 Å². The first-order valence-electron chi connectivity index (χ1n) is 6.17. The monoisotopic (exact) mass is 304 g/mol. The molecule has 0 aliphatic carbocycles. The number of H-pyrrole nitrogens is 1. The fourth-order valence-electron chi connectivity index (χ4n) is 2.08. The lowest BCUT2D eigenvalue weighted by atomic mass is 10.3. The first kappa shape index (κ1) is 13.1. The molecule has 20 heavy (non-hydrogen) atoms.